The minimum Gasteiger partial charge on any atom is -0.390 e. The normalized spacial score (nSPS) is 38.6. The van der Waals surface area contributed by atoms with E-state index in [9.17, 15) is 5.11 Å². The molecule has 0 bridgehead atoms. The fourth-order valence-corrected chi connectivity index (χ4v) is 3.62. The van der Waals surface area contributed by atoms with Crippen LogP contribution in [-0.2, 0) is 9.47 Å². The summed E-state index contributed by atoms with van der Waals surface area (Å²) >= 11 is 0. The quantitative estimate of drug-likeness (QED) is 0.804. The smallest absolute Gasteiger partial charge is 0.0836 e. The molecule has 17 heavy (non-hydrogen) atoms. The van der Waals surface area contributed by atoms with Crippen LogP contribution >= 0.6 is 0 Å². The molecule has 0 aromatic heterocycles. The van der Waals surface area contributed by atoms with Crippen molar-refractivity contribution in [2.45, 2.75) is 69.2 Å². The van der Waals surface area contributed by atoms with E-state index in [0.717, 1.165) is 38.9 Å². The van der Waals surface area contributed by atoms with Gasteiger partial charge in [0.25, 0.3) is 0 Å². The molecule has 3 atom stereocenters. The Kier molecular flexibility index (Phi) is 3.42. The van der Waals surface area contributed by atoms with E-state index >= 15 is 0 Å². The summed E-state index contributed by atoms with van der Waals surface area (Å²) in [5, 5.41) is 10.5. The van der Waals surface area contributed by atoms with Gasteiger partial charge in [0, 0.05) is 13.2 Å². The third-order valence-corrected chi connectivity index (χ3v) is 4.87. The molecule has 2 heterocycles. The van der Waals surface area contributed by atoms with Crippen LogP contribution in [0.15, 0.2) is 0 Å². The third kappa shape index (κ3) is 2.38. The van der Waals surface area contributed by atoms with Gasteiger partial charge in [0.05, 0.1) is 17.8 Å². The van der Waals surface area contributed by atoms with Crippen molar-refractivity contribution in [3.05, 3.63) is 0 Å². The molecule has 3 heteroatoms. The molecule has 2 aliphatic heterocycles. The second-order valence-corrected chi connectivity index (χ2v) is 6.03. The van der Waals surface area contributed by atoms with E-state index in [4.69, 9.17) is 9.47 Å². The zero-order valence-electron chi connectivity index (χ0n) is 10.6. The predicted octanol–water partition coefficient (Wildman–Crippen LogP) is 2.27. The van der Waals surface area contributed by atoms with Gasteiger partial charge in [-0.1, -0.05) is 0 Å². The number of aliphatic hydroxyl groups excluding tert-OH is 1. The second kappa shape index (κ2) is 4.87. The summed E-state index contributed by atoms with van der Waals surface area (Å²) in [4.78, 5) is 0. The van der Waals surface area contributed by atoms with Gasteiger partial charge in [-0.2, -0.15) is 0 Å². The molecule has 0 aromatic rings. The predicted molar refractivity (Wildman–Crippen MR) is 64.9 cm³/mol. The monoisotopic (exact) mass is 240 g/mol. The number of aliphatic hydroxyl groups is 1. The lowest BCUT2D eigenvalue weighted by Gasteiger charge is -2.49. The molecule has 3 fully saturated rings. The largest absolute Gasteiger partial charge is 0.390 e. The van der Waals surface area contributed by atoms with Crippen molar-refractivity contribution >= 4 is 0 Å². The Morgan fingerprint density at radius 1 is 1.06 bits per heavy atom. The van der Waals surface area contributed by atoms with Crippen molar-refractivity contribution in [3.63, 3.8) is 0 Å². The lowest BCUT2D eigenvalue weighted by molar-refractivity contribution is -0.173. The SMILES string of the molecule is OC(C1CCOC2(CCC2)C1)C1CCCCO1. The fourth-order valence-electron chi connectivity index (χ4n) is 3.62. The van der Waals surface area contributed by atoms with Gasteiger partial charge in [-0.3, -0.25) is 0 Å². The van der Waals surface area contributed by atoms with Crippen LogP contribution in [-0.4, -0.2) is 36.1 Å². The highest BCUT2D eigenvalue weighted by Crippen LogP contribution is 2.45. The molecule has 1 aliphatic carbocycles. The summed E-state index contributed by atoms with van der Waals surface area (Å²) in [6.45, 7) is 1.66. The van der Waals surface area contributed by atoms with Crippen LogP contribution in [0.4, 0.5) is 0 Å². The van der Waals surface area contributed by atoms with E-state index in [-0.39, 0.29) is 17.8 Å². The Bertz CT molecular complexity index is 256. The zero-order chi connectivity index (χ0) is 11.7. The van der Waals surface area contributed by atoms with Gasteiger partial charge in [0.15, 0.2) is 0 Å². The van der Waals surface area contributed by atoms with Gasteiger partial charge in [0.1, 0.15) is 0 Å². The maximum absolute atomic E-state index is 10.5. The van der Waals surface area contributed by atoms with E-state index in [0.29, 0.717) is 5.92 Å². The number of hydrogen-bond acceptors (Lipinski definition) is 3. The lowest BCUT2D eigenvalue weighted by Crippen LogP contribution is -2.50. The first kappa shape index (κ1) is 11.9. The van der Waals surface area contributed by atoms with E-state index in [1.165, 1.54) is 25.7 Å². The average molecular weight is 240 g/mol. The van der Waals surface area contributed by atoms with Crippen molar-refractivity contribution in [2.24, 2.45) is 5.92 Å². The maximum atomic E-state index is 10.5. The highest BCUT2D eigenvalue weighted by atomic mass is 16.5. The highest BCUT2D eigenvalue weighted by Gasteiger charge is 2.45. The summed E-state index contributed by atoms with van der Waals surface area (Å²) in [5.74, 6) is 0.396. The fraction of sp³-hybridized carbons (Fsp3) is 1.00. The van der Waals surface area contributed by atoms with Crippen LogP contribution in [0.3, 0.4) is 0 Å². The number of ether oxygens (including phenoxy) is 2. The molecule has 3 aliphatic rings. The molecule has 1 saturated carbocycles. The summed E-state index contributed by atoms with van der Waals surface area (Å²) < 4.78 is 11.6. The summed E-state index contributed by atoms with van der Waals surface area (Å²) in [6.07, 6.45) is 8.95. The summed E-state index contributed by atoms with van der Waals surface area (Å²) in [6, 6.07) is 0. The van der Waals surface area contributed by atoms with Crippen molar-refractivity contribution in [1.29, 1.82) is 0 Å². The van der Waals surface area contributed by atoms with Crippen molar-refractivity contribution in [2.75, 3.05) is 13.2 Å². The Balaban J connectivity index is 1.58. The lowest BCUT2D eigenvalue weighted by atomic mass is 9.70. The zero-order valence-corrected chi connectivity index (χ0v) is 10.6. The van der Waals surface area contributed by atoms with Gasteiger partial charge in [-0.15, -0.1) is 0 Å². The molecule has 98 valence electrons. The third-order valence-electron chi connectivity index (χ3n) is 4.87. The molecule has 2 saturated heterocycles. The molecule has 0 amide bonds. The van der Waals surface area contributed by atoms with Crippen LogP contribution in [0, 0.1) is 5.92 Å². The van der Waals surface area contributed by atoms with E-state index in [1.54, 1.807) is 0 Å². The molecular formula is C14H24O3. The Morgan fingerprint density at radius 3 is 2.59 bits per heavy atom. The first-order valence-electron chi connectivity index (χ1n) is 7.23. The summed E-state index contributed by atoms with van der Waals surface area (Å²) in [5.41, 5.74) is 0.137. The topological polar surface area (TPSA) is 38.7 Å². The molecule has 0 aromatic carbocycles. The van der Waals surface area contributed by atoms with Crippen LogP contribution < -0.4 is 0 Å². The molecule has 1 N–H and O–H groups in total. The summed E-state index contributed by atoms with van der Waals surface area (Å²) in [7, 11) is 0. The van der Waals surface area contributed by atoms with Gasteiger partial charge in [-0.25, -0.2) is 0 Å². The van der Waals surface area contributed by atoms with Gasteiger partial charge in [0.2, 0.25) is 0 Å². The molecule has 3 rings (SSSR count). The van der Waals surface area contributed by atoms with Crippen molar-refractivity contribution in [3.8, 4) is 0 Å². The molecular weight excluding hydrogens is 216 g/mol. The highest BCUT2D eigenvalue weighted by molar-refractivity contribution is 4.96. The van der Waals surface area contributed by atoms with Gasteiger partial charge in [-0.05, 0) is 57.3 Å². The standard InChI is InChI=1S/C14H24O3/c15-13(12-4-1-2-8-16-12)11-5-9-17-14(10-11)6-3-7-14/h11-13,15H,1-10H2. The first-order chi connectivity index (χ1) is 8.29. The minimum absolute atomic E-state index is 0.0870. The average Bonchev–Trinajstić information content (AvgIpc) is 2.37. The van der Waals surface area contributed by atoms with E-state index in [1.807, 2.05) is 0 Å². The van der Waals surface area contributed by atoms with Crippen LogP contribution in [0.1, 0.15) is 51.4 Å². The van der Waals surface area contributed by atoms with Gasteiger partial charge >= 0.3 is 0 Å². The van der Waals surface area contributed by atoms with Crippen molar-refractivity contribution < 1.29 is 14.6 Å². The van der Waals surface area contributed by atoms with Gasteiger partial charge < -0.3 is 14.6 Å². The first-order valence-corrected chi connectivity index (χ1v) is 7.23. The minimum atomic E-state index is -0.267. The number of hydrogen-bond donors (Lipinski definition) is 1. The Labute approximate surface area is 103 Å². The van der Waals surface area contributed by atoms with Crippen molar-refractivity contribution in [1.82, 2.24) is 0 Å². The molecule has 3 unspecified atom stereocenters. The van der Waals surface area contributed by atoms with Crippen LogP contribution in [0.2, 0.25) is 0 Å². The van der Waals surface area contributed by atoms with Crippen LogP contribution in [0.5, 0.6) is 0 Å². The van der Waals surface area contributed by atoms with E-state index in [2.05, 4.69) is 0 Å². The molecule has 1 spiro atoms. The Morgan fingerprint density at radius 2 is 1.94 bits per heavy atom. The number of rotatable bonds is 2. The molecule has 3 nitrogen and oxygen atoms in total. The van der Waals surface area contributed by atoms with Crippen LogP contribution in [0.25, 0.3) is 0 Å². The Hall–Kier alpha value is -0.120. The maximum Gasteiger partial charge on any atom is 0.0836 e. The molecule has 0 radical (unpaired) electrons. The second-order valence-electron chi connectivity index (χ2n) is 6.03. The van der Waals surface area contributed by atoms with E-state index < -0.39 is 0 Å².